The highest BCUT2D eigenvalue weighted by molar-refractivity contribution is 5.59. The van der Waals surface area contributed by atoms with Crippen LogP contribution in [0, 0.1) is 42.4 Å². The average Bonchev–Trinajstić information content (AvgIpc) is 3.10. The fraction of sp³-hybridized carbons (Fsp3) is 0.731. The Bertz CT molecular complexity index is 928. The van der Waals surface area contributed by atoms with Gasteiger partial charge in [0.05, 0.1) is 17.9 Å². The summed E-state index contributed by atoms with van der Waals surface area (Å²) in [5, 5.41) is 26.3. The van der Waals surface area contributed by atoms with Crippen molar-refractivity contribution in [3.05, 3.63) is 34.2 Å². The summed E-state index contributed by atoms with van der Waals surface area (Å²) in [5.74, 6) is 1.87. The molecule has 4 aliphatic rings. The third-order valence-electron chi connectivity index (χ3n) is 9.84. The Hall–Kier alpha value is -1.39. The summed E-state index contributed by atoms with van der Waals surface area (Å²) in [6.07, 6.45) is 11.6. The van der Waals surface area contributed by atoms with Gasteiger partial charge in [-0.05, 0) is 93.6 Å². The number of aryl methyl sites for hydroxylation is 2. The summed E-state index contributed by atoms with van der Waals surface area (Å²) in [5.41, 5.74) is 6.35. The number of hydrogen-bond donors (Lipinski definition) is 2. The van der Waals surface area contributed by atoms with E-state index in [1.54, 1.807) is 0 Å². The zero-order chi connectivity index (χ0) is 21.4. The molecule has 4 heteroatoms. The van der Waals surface area contributed by atoms with Crippen molar-refractivity contribution >= 4 is 6.08 Å². The molecule has 4 aliphatic carbocycles. The molecule has 0 aromatic carbocycles. The summed E-state index contributed by atoms with van der Waals surface area (Å²) in [4.78, 5) is 0. The fourth-order valence-electron chi connectivity index (χ4n) is 7.82. The van der Waals surface area contributed by atoms with Gasteiger partial charge in [-0.3, -0.25) is 4.68 Å². The SMILES string of the molecule is Cc1nn(C)c(C)c1/C=C1/C[C@@H]2[C@H]3CC=C4C[C@@H](O)CC[C@]4(C)[C@@H]3CC[C@]2(C)[C@H]1O. The van der Waals surface area contributed by atoms with Crippen LogP contribution >= 0.6 is 0 Å². The second kappa shape index (κ2) is 6.80. The van der Waals surface area contributed by atoms with E-state index in [-0.39, 0.29) is 23.0 Å². The molecule has 164 valence electrons. The van der Waals surface area contributed by atoms with Gasteiger partial charge in [0, 0.05) is 23.7 Å². The maximum Gasteiger partial charge on any atom is 0.0809 e. The third-order valence-corrected chi connectivity index (χ3v) is 9.84. The van der Waals surface area contributed by atoms with E-state index in [1.165, 1.54) is 28.8 Å². The van der Waals surface area contributed by atoms with E-state index >= 15 is 0 Å². The minimum absolute atomic E-state index is 0.0209. The van der Waals surface area contributed by atoms with E-state index in [0.29, 0.717) is 17.8 Å². The van der Waals surface area contributed by atoms with E-state index in [4.69, 9.17) is 0 Å². The summed E-state index contributed by atoms with van der Waals surface area (Å²) >= 11 is 0. The van der Waals surface area contributed by atoms with Crippen LogP contribution in [0.3, 0.4) is 0 Å². The zero-order valence-electron chi connectivity index (χ0n) is 19.3. The summed E-state index contributed by atoms with van der Waals surface area (Å²) in [6.45, 7) is 8.99. The lowest BCUT2D eigenvalue weighted by atomic mass is 9.48. The standard InChI is InChI=1S/C26H38N2O2/c1-15-21(16(2)28(5)27-15)12-17-13-23-20-7-6-18-14-19(29)8-10-25(18,3)22(20)9-11-26(23,4)24(17)30/h6,12,19-20,22-24,29-30H,7-11,13-14H2,1-5H3/b17-12-/t19-,20-,22+,23+,24-,25-,26-/m0/s1. The van der Waals surface area contributed by atoms with E-state index in [0.717, 1.165) is 44.2 Å². The van der Waals surface area contributed by atoms with Crippen LogP contribution in [-0.2, 0) is 7.05 Å². The number of allylic oxidation sites excluding steroid dienone is 1. The number of nitrogens with zero attached hydrogens (tertiary/aromatic N) is 2. The smallest absolute Gasteiger partial charge is 0.0809 e. The quantitative estimate of drug-likeness (QED) is 0.659. The first-order chi connectivity index (χ1) is 14.1. The maximum absolute atomic E-state index is 11.5. The van der Waals surface area contributed by atoms with Crippen LogP contribution in [0.2, 0.25) is 0 Å². The lowest BCUT2D eigenvalue weighted by Crippen LogP contribution is -2.51. The molecule has 0 spiro atoms. The second-order valence-corrected chi connectivity index (χ2v) is 11.2. The van der Waals surface area contributed by atoms with Crippen LogP contribution < -0.4 is 0 Å². The van der Waals surface area contributed by atoms with Crippen LogP contribution in [-0.4, -0.2) is 32.2 Å². The number of fused-ring (bicyclic) bond motifs is 5. The number of aromatic nitrogens is 2. The van der Waals surface area contributed by atoms with Gasteiger partial charge < -0.3 is 10.2 Å². The molecule has 1 heterocycles. The Morgan fingerprint density at radius 2 is 1.87 bits per heavy atom. The molecule has 0 saturated heterocycles. The van der Waals surface area contributed by atoms with Gasteiger partial charge in [0.1, 0.15) is 0 Å². The fourth-order valence-corrected chi connectivity index (χ4v) is 7.82. The van der Waals surface area contributed by atoms with Crippen molar-refractivity contribution in [2.45, 2.75) is 84.8 Å². The van der Waals surface area contributed by atoms with Crippen molar-refractivity contribution in [3.8, 4) is 0 Å². The molecule has 0 amide bonds. The van der Waals surface area contributed by atoms with Crippen molar-refractivity contribution in [2.24, 2.45) is 35.6 Å². The minimum Gasteiger partial charge on any atom is -0.393 e. The van der Waals surface area contributed by atoms with Gasteiger partial charge in [-0.25, -0.2) is 0 Å². The lowest BCUT2D eigenvalue weighted by molar-refractivity contribution is -0.0685. The number of aliphatic hydroxyl groups excluding tert-OH is 2. The van der Waals surface area contributed by atoms with Crippen molar-refractivity contribution in [3.63, 3.8) is 0 Å². The van der Waals surface area contributed by atoms with Crippen molar-refractivity contribution in [2.75, 3.05) is 0 Å². The number of aliphatic hydroxyl groups is 2. The Balaban J connectivity index is 1.49. The molecule has 0 bridgehead atoms. The van der Waals surface area contributed by atoms with E-state index in [9.17, 15) is 10.2 Å². The van der Waals surface area contributed by atoms with Crippen molar-refractivity contribution in [1.29, 1.82) is 0 Å². The molecule has 2 N–H and O–H groups in total. The van der Waals surface area contributed by atoms with Gasteiger partial charge in [0.15, 0.2) is 0 Å². The minimum atomic E-state index is -0.353. The molecule has 4 nitrogen and oxygen atoms in total. The molecular weight excluding hydrogens is 372 g/mol. The second-order valence-electron chi connectivity index (χ2n) is 11.2. The molecule has 0 aliphatic heterocycles. The van der Waals surface area contributed by atoms with Crippen LogP contribution in [0.4, 0.5) is 0 Å². The monoisotopic (exact) mass is 410 g/mol. The average molecular weight is 411 g/mol. The van der Waals surface area contributed by atoms with Gasteiger partial charge in [0.25, 0.3) is 0 Å². The maximum atomic E-state index is 11.5. The molecule has 3 saturated carbocycles. The van der Waals surface area contributed by atoms with Gasteiger partial charge in [0.2, 0.25) is 0 Å². The zero-order valence-corrected chi connectivity index (χ0v) is 19.3. The molecular formula is C26H38N2O2. The van der Waals surface area contributed by atoms with Crippen molar-refractivity contribution < 1.29 is 10.2 Å². The molecule has 7 atom stereocenters. The first kappa shape index (κ1) is 20.5. The van der Waals surface area contributed by atoms with Crippen LogP contribution in [0.1, 0.15) is 75.7 Å². The largest absolute Gasteiger partial charge is 0.393 e. The summed E-state index contributed by atoms with van der Waals surface area (Å²) in [6, 6.07) is 0. The van der Waals surface area contributed by atoms with Crippen LogP contribution in [0.15, 0.2) is 17.2 Å². The third kappa shape index (κ3) is 2.75. The Labute approximate surface area is 181 Å². The van der Waals surface area contributed by atoms with Gasteiger partial charge in [-0.2, -0.15) is 5.10 Å². The molecule has 0 unspecified atom stereocenters. The number of rotatable bonds is 1. The number of hydrogen-bond acceptors (Lipinski definition) is 3. The highest BCUT2D eigenvalue weighted by Crippen LogP contribution is 2.65. The molecule has 3 fully saturated rings. The molecule has 1 aromatic rings. The van der Waals surface area contributed by atoms with Crippen LogP contribution in [0.25, 0.3) is 6.08 Å². The van der Waals surface area contributed by atoms with Crippen molar-refractivity contribution in [1.82, 2.24) is 9.78 Å². The Morgan fingerprint density at radius 3 is 2.57 bits per heavy atom. The first-order valence-electron chi connectivity index (χ1n) is 11.9. The van der Waals surface area contributed by atoms with E-state index < -0.39 is 0 Å². The predicted octanol–water partition coefficient (Wildman–Crippen LogP) is 4.71. The molecule has 5 rings (SSSR count). The Morgan fingerprint density at radius 1 is 1.10 bits per heavy atom. The highest BCUT2D eigenvalue weighted by atomic mass is 16.3. The summed E-state index contributed by atoms with van der Waals surface area (Å²) < 4.78 is 1.94. The van der Waals surface area contributed by atoms with Gasteiger partial charge >= 0.3 is 0 Å². The van der Waals surface area contributed by atoms with Crippen LogP contribution in [0.5, 0.6) is 0 Å². The Kier molecular flexibility index (Phi) is 4.65. The molecule has 0 radical (unpaired) electrons. The highest BCUT2D eigenvalue weighted by Gasteiger charge is 2.59. The normalized spacial score (nSPS) is 44.4. The summed E-state index contributed by atoms with van der Waals surface area (Å²) in [7, 11) is 1.99. The lowest BCUT2D eigenvalue weighted by Gasteiger charge is -2.57. The van der Waals surface area contributed by atoms with Gasteiger partial charge in [-0.1, -0.05) is 25.5 Å². The molecule has 30 heavy (non-hydrogen) atoms. The molecule has 1 aromatic heterocycles. The topological polar surface area (TPSA) is 58.3 Å². The van der Waals surface area contributed by atoms with E-state index in [1.807, 2.05) is 11.7 Å². The van der Waals surface area contributed by atoms with Gasteiger partial charge in [-0.15, -0.1) is 0 Å². The van der Waals surface area contributed by atoms with E-state index in [2.05, 4.69) is 44.9 Å². The first-order valence-corrected chi connectivity index (χ1v) is 11.9. The predicted molar refractivity (Wildman–Crippen MR) is 120 cm³/mol.